The Morgan fingerprint density at radius 2 is 2.10 bits per heavy atom. The van der Waals surface area contributed by atoms with E-state index in [0.29, 0.717) is 29.8 Å². The van der Waals surface area contributed by atoms with E-state index in [1.54, 1.807) is 18.2 Å². The van der Waals surface area contributed by atoms with Crippen molar-refractivity contribution in [1.29, 1.82) is 5.26 Å². The number of likely N-dealkylation sites (tertiary alicyclic amines) is 1. The lowest BCUT2D eigenvalue weighted by Crippen LogP contribution is -2.36. The van der Waals surface area contributed by atoms with E-state index in [9.17, 15) is 15.2 Å². The van der Waals surface area contributed by atoms with Crippen LogP contribution >= 0.6 is 11.3 Å². The monoisotopic (exact) mass is 432 g/mol. The summed E-state index contributed by atoms with van der Waals surface area (Å²) in [4.78, 5) is 16.0. The minimum Gasteiger partial charge on any atom is -0.489 e. The van der Waals surface area contributed by atoms with E-state index in [-0.39, 0.29) is 18.6 Å². The highest BCUT2D eigenvalue weighted by Crippen LogP contribution is 2.31. The molecule has 1 N–H and O–H groups in total. The zero-order valence-corrected chi connectivity index (χ0v) is 17.9. The zero-order valence-electron chi connectivity index (χ0n) is 17.1. The quantitative estimate of drug-likeness (QED) is 0.575. The van der Waals surface area contributed by atoms with Gasteiger partial charge < -0.3 is 14.7 Å². The molecular formula is C25H24N2O3S. The summed E-state index contributed by atoms with van der Waals surface area (Å²) >= 11 is 1.54. The smallest absolute Gasteiger partial charge is 0.254 e. The van der Waals surface area contributed by atoms with Gasteiger partial charge in [-0.2, -0.15) is 5.26 Å². The molecule has 1 aromatic heterocycles. The van der Waals surface area contributed by atoms with Crippen LogP contribution in [0.4, 0.5) is 0 Å². The Kier molecular flexibility index (Phi) is 6.66. The molecule has 3 aromatic rings. The second-order valence-electron chi connectivity index (χ2n) is 7.65. The predicted octanol–water partition coefficient (Wildman–Crippen LogP) is 4.93. The molecule has 1 saturated heterocycles. The average Bonchev–Trinajstić information content (AvgIpc) is 3.50. The summed E-state index contributed by atoms with van der Waals surface area (Å²) in [5.74, 6) is 0.553. The number of hydrogen-bond donors (Lipinski definition) is 1. The number of aliphatic hydroxyl groups is 1. The van der Waals surface area contributed by atoms with Gasteiger partial charge in [-0.1, -0.05) is 30.3 Å². The van der Waals surface area contributed by atoms with Crippen LogP contribution in [-0.2, 0) is 6.61 Å². The Morgan fingerprint density at radius 1 is 1.23 bits per heavy atom. The van der Waals surface area contributed by atoms with E-state index in [2.05, 4.69) is 6.07 Å². The summed E-state index contributed by atoms with van der Waals surface area (Å²) < 4.78 is 5.87. The first-order valence-electron chi connectivity index (χ1n) is 10.4. The molecule has 0 unspecified atom stereocenters. The lowest BCUT2D eigenvalue weighted by molar-refractivity contribution is 0.0669. The van der Waals surface area contributed by atoms with Gasteiger partial charge in [0.2, 0.25) is 0 Å². The number of benzene rings is 2. The minimum atomic E-state index is -0.548. The number of thiophene rings is 1. The summed E-state index contributed by atoms with van der Waals surface area (Å²) in [6.07, 6.45) is 1.84. The van der Waals surface area contributed by atoms with Crippen LogP contribution in [0.1, 0.15) is 51.7 Å². The summed E-state index contributed by atoms with van der Waals surface area (Å²) in [7, 11) is 0. The van der Waals surface area contributed by atoms with Crippen molar-refractivity contribution in [2.45, 2.75) is 38.0 Å². The number of rotatable bonds is 7. The number of nitriles is 1. The molecule has 4 rings (SSSR count). The Balaban J connectivity index is 1.43. The van der Waals surface area contributed by atoms with Gasteiger partial charge in [0.15, 0.2) is 0 Å². The van der Waals surface area contributed by atoms with Crippen LogP contribution < -0.4 is 4.74 Å². The molecular weight excluding hydrogens is 408 g/mol. The molecule has 0 aliphatic carbocycles. The van der Waals surface area contributed by atoms with Crippen LogP contribution in [0.15, 0.2) is 66.0 Å². The second-order valence-corrected chi connectivity index (χ2v) is 8.63. The van der Waals surface area contributed by atoms with Crippen molar-refractivity contribution in [1.82, 2.24) is 4.90 Å². The lowest BCUT2D eigenvalue weighted by atomic mass is 10.0. The summed E-state index contributed by atoms with van der Waals surface area (Å²) in [6.45, 7) is 0.960. The van der Waals surface area contributed by atoms with Gasteiger partial charge in [-0.3, -0.25) is 4.79 Å². The van der Waals surface area contributed by atoms with Crippen LogP contribution in [0.2, 0.25) is 0 Å². The number of hydrogen-bond acceptors (Lipinski definition) is 5. The highest BCUT2D eigenvalue weighted by Gasteiger charge is 2.31. The largest absolute Gasteiger partial charge is 0.489 e. The van der Waals surface area contributed by atoms with Crippen molar-refractivity contribution in [3.05, 3.63) is 87.6 Å². The fourth-order valence-electron chi connectivity index (χ4n) is 4.00. The van der Waals surface area contributed by atoms with Crippen LogP contribution in [0, 0.1) is 11.3 Å². The molecule has 0 radical (unpaired) electrons. The van der Waals surface area contributed by atoms with E-state index in [0.717, 1.165) is 23.3 Å². The van der Waals surface area contributed by atoms with Gasteiger partial charge in [-0.15, -0.1) is 11.3 Å². The molecule has 5 nitrogen and oxygen atoms in total. The van der Waals surface area contributed by atoms with Crippen molar-refractivity contribution in [2.24, 2.45) is 0 Å². The van der Waals surface area contributed by atoms with Gasteiger partial charge in [-0.05, 0) is 55.0 Å². The number of nitrogens with zero attached hydrogens (tertiary/aromatic N) is 2. The first kappa shape index (κ1) is 21.1. The predicted molar refractivity (Wildman–Crippen MR) is 120 cm³/mol. The van der Waals surface area contributed by atoms with Gasteiger partial charge in [-0.25, -0.2) is 0 Å². The summed E-state index contributed by atoms with van der Waals surface area (Å²) in [5.41, 5.74) is 1.96. The first-order chi connectivity index (χ1) is 15.2. The van der Waals surface area contributed by atoms with Crippen LogP contribution in [0.3, 0.4) is 0 Å². The van der Waals surface area contributed by atoms with Gasteiger partial charge in [0.25, 0.3) is 5.91 Å². The van der Waals surface area contributed by atoms with Crippen LogP contribution in [0.5, 0.6) is 5.75 Å². The molecule has 2 heterocycles. The van der Waals surface area contributed by atoms with E-state index < -0.39 is 6.10 Å². The molecule has 0 spiro atoms. The lowest BCUT2D eigenvalue weighted by Gasteiger charge is -2.26. The minimum absolute atomic E-state index is 0.0247. The Labute approximate surface area is 186 Å². The molecule has 1 amide bonds. The third-order valence-electron chi connectivity index (χ3n) is 5.62. The molecule has 6 heteroatoms. The standard InChI is InChI=1S/C25H24N2O3S/c26-16-19-6-1-2-7-20(19)17-30-22-10-3-8-18(14-22)25(29)27-12-4-9-21(27)15-23(28)24-11-5-13-31-24/h1-3,5-8,10-11,13-14,21,23,28H,4,9,12,15,17H2/t21-,23+/m1/s1. The van der Waals surface area contributed by atoms with E-state index >= 15 is 0 Å². The Hall–Kier alpha value is -3.14. The number of amides is 1. The van der Waals surface area contributed by atoms with Gasteiger partial charge in [0, 0.05) is 28.6 Å². The van der Waals surface area contributed by atoms with E-state index in [1.165, 1.54) is 11.3 Å². The molecule has 1 fully saturated rings. The Morgan fingerprint density at radius 3 is 2.90 bits per heavy atom. The zero-order chi connectivity index (χ0) is 21.6. The van der Waals surface area contributed by atoms with Crippen molar-refractivity contribution in [3.63, 3.8) is 0 Å². The second kappa shape index (κ2) is 9.78. The topological polar surface area (TPSA) is 73.6 Å². The molecule has 2 aromatic carbocycles. The van der Waals surface area contributed by atoms with Crippen molar-refractivity contribution in [2.75, 3.05) is 6.54 Å². The fraction of sp³-hybridized carbons (Fsp3) is 0.280. The maximum absolute atomic E-state index is 13.2. The molecule has 0 saturated carbocycles. The van der Waals surface area contributed by atoms with Crippen LogP contribution in [0.25, 0.3) is 0 Å². The maximum atomic E-state index is 13.2. The number of carbonyl (C=O) groups excluding carboxylic acids is 1. The summed E-state index contributed by atoms with van der Waals surface area (Å²) in [6, 6.07) is 20.5. The fourth-order valence-corrected chi connectivity index (χ4v) is 4.73. The summed E-state index contributed by atoms with van der Waals surface area (Å²) in [5, 5.41) is 21.7. The highest BCUT2D eigenvalue weighted by atomic mass is 32.1. The van der Waals surface area contributed by atoms with Crippen molar-refractivity contribution in [3.8, 4) is 11.8 Å². The number of carbonyl (C=O) groups is 1. The third kappa shape index (κ3) is 4.96. The Bertz CT molecular complexity index is 1070. The van der Waals surface area contributed by atoms with Gasteiger partial charge in [0.05, 0.1) is 17.7 Å². The average molecular weight is 433 g/mol. The molecule has 1 aliphatic rings. The molecule has 2 atom stereocenters. The molecule has 0 bridgehead atoms. The molecule has 1 aliphatic heterocycles. The molecule has 31 heavy (non-hydrogen) atoms. The van der Waals surface area contributed by atoms with Gasteiger partial charge >= 0.3 is 0 Å². The number of ether oxygens (including phenoxy) is 1. The van der Waals surface area contributed by atoms with Gasteiger partial charge in [0.1, 0.15) is 12.4 Å². The van der Waals surface area contributed by atoms with Crippen LogP contribution in [-0.4, -0.2) is 28.5 Å². The maximum Gasteiger partial charge on any atom is 0.254 e. The van der Waals surface area contributed by atoms with E-state index in [4.69, 9.17) is 4.74 Å². The molecule has 158 valence electrons. The van der Waals surface area contributed by atoms with Crippen molar-refractivity contribution < 1.29 is 14.6 Å². The third-order valence-corrected chi connectivity index (χ3v) is 6.59. The van der Waals surface area contributed by atoms with E-state index in [1.807, 2.05) is 52.7 Å². The number of aliphatic hydroxyl groups excluding tert-OH is 1. The normalized spacial score (nSPS) is 16.6. The van der Waals surface area contributed by atoms with Crippen molar-refractivity contribution >= 4 is 17.2 Å². The highest BCUT2D eigenvalue weighted by molar-refractivity contribution is 7.10. The SMILES string of the molecule is N#Cc1ccccc1COc1cccc(C(=O)N2CCC[C@@H]2C[C@H](O)c2cccs2)c1. The first-order valence-corrected chi connectivity index (χ1v) is 11.3.